The maximum Gasteiger partial charge on any atom is 0.271 e. The van der Waals surface area contributed by atoms with Crippen molar-refractivity contribution in [2.24, 2.45) is 0 Å². The zero-order valence-electron chi connectivity index (χ0n) is 9.17. The summed E-state index contributed by atoms with van der Waals surface area (Å²) in [5.41, 5.74) is 5.39. The third-order valence-electron chi connectivity index (χ3n) is 1.89. The van der Waals surface area contributed by atoms with E-state index in [0.29, 0.717) is 0 Å². The van der Waals surface area contributed by atoms with Crippen molar-refractivity contribution in [2.75, 3.05) is 25.1 Å². The van der Waals surface area contributed by atoms with Gasteiger partial charge < -0.3 is 11.1 Å². The summed E-state index contributed by atoms with van der Waals surface area (Å²) in [4.78, 5) is 11.5. The molecule has 9 heteroatoms. The Morgan fingerprint density at radius 3 is 2.65 bits per heavy atom. The molecule has 0 aromatic carbocycles. The highest BCUT2D eigenvalue weighted by atomic mass is 32.2. The monoisotopic (exact) mass is 259 g/mol. The molecular weight excluding hydrogens is 246 g/mol. The fourth-order valence-electron chi connectivity index (χ4n) is 0.955. The van der Waals surface area contributed by atoms with Gasteiger partial charge in [0.15, 0.2) is 5.69 Å². The highest BCUT2D eigenvalue weighted by molar-refractivity contribution is 7.89. The lowest BCUT2D eigenvalue weighted by Gasteiger charge is -2.04. The normalized spacial score (nSPS) is 11.1. The molecule has 0 saturated carbocycles. The maximum absolute atomic E-state index is 11.5. The summed E-state index contributed by atoms with van der Waals surface area (Å²) >= 11 is 0. The fourth-order valence-corrected chi connectivity index (χ4v) is 1.53. The Morgan fingerprint density at radius 2 is 2.12 bits per heavy atom. The number of hydrogen-bond acceptors (Lipinski definition) is 6. The largest absolute Gasteiger partial charge is 0.382 e. The second kappa shape index (κ2) is 5.55. The predicted octanol–water partition coefficient (Wildman–Crippen LogP) is -1.66. The average molecular weight is 259 g/mol. The number of aromatic nitrogens is 2. The van der Waals surface area contributed by atoms with E-state index in [4.69, 9.17) is 5.73 Å². The van der Waals surface area contributed by atoms with E-state index in [1.807, 2.05) is 0 Å². The van der Waals surface area contributed by atoms with Gasteiger partial charge in [0.1, 0.15) is 5.82 Å². The summed E-state index contributed by atoms with van der Waals surface area (Å²) in [6.07, 6.45) is 0. The minimum absolute atomic E-state index is 0.00589. The van der Waals surface area contributed by atoms with E-state index in [-0.39, 0.29) is 23.8 Å². The van der Waals surface area contributed by atoms with Crippen LogP contribution in [0.1, 0.15) is 10.5 Å². The number of nitrogens with zero attached hydrogens (tertiary/aromatic N) is 2. The van der Waals surface area contributed by atoms with Crippen molar-refractivity contribution in [3.05, 3.63) is 17.8 Å². The Bertz CT molecular complexity index is 484. The quantitative estimate of drug-likeness (QED) is 0.580. The Labute approximate surface area is 98.7 Å². The third-order valence-corrected chi connectivity index (χ3v) is 3.25. The van der Waals surface area contributed by atoms with E-state index in [1.54, 1.807) is 0 Å². The first-order valence-corrected chi connectivity index (χ1v) is 6.38. The van der Waals surface area contributed by atoms with Crippen LogP contribution in [0.15, 0.2) is 12.1 Å². The molecule has 1 aromatic rings. The molecule has 0 unspecified atom stereocenters. The van der Waals surface area contributed by atoms with Crippen LogP contribution in [0.5, 0.6) is 0 Å². The van der Waals surface area contributed by atoms with Crippen molar-refractivity contribution >= 4 is 21.7 Å². The number of rotatable bonds is 5. The van der Waals surface area contributed by atoms with Crippen molar-refractivity contribution < 1.29 is 13.2 Å². The van der Waals surface area contributed by atoms with Gasteiger partial charge in [-0.2, -0.15) is 0 Å². The Kier molecular flexibility index (Phi) is 4.35. The van der Waals surface area contributed by atoms with Gasteiger partial charge in [0.05, 0.1) is 5.75 Å². The van der Waals surface area contributed by atoms with Crippen LogP contribution in [-0.2, 0) is 10.0 Å². The topological polar surface area (TPSA) is 127 Å². The maximum atomic E-state index is 11.5. The van der Waals surface area contributed by atoms with E-state index < -0.39 is 15.9 Å². The Hall–Kier alpha value is -1.74. The molecular formula is C8H13N5O3S. The molecule has 0 aliphatic carbocycles. The van der Waals surface area contributed by atoms with E-state index in [0.717, 1.165) is 0 Å². The first-order chi connectivity index (χ1) is 7.94. The second-order valence-electron chi connectivity index (χ2n) is 3.12. The summed E-state index contributed by atoms with van der Waals surface area (Å²) in [5, 5.41) is 9.48. The number of nitrogens with one attached hydrogen (secondary N) is 2. The van der Waals surface area contributed by atoms with E-state index in [2.05, 4.69) is 20.2 Å². The lowest BCUT2D eigenvalue weighted by atomic mass is 10.3. The molecule has 4 N–H and O–H groups in total. The van der Waals surface area contributed by atoms with Gasteiger partial charge in [0.2, 0.25) is 10.0 Å². The number of anilines is 1. The van der Waals surface area contributed by atoms with Crippen LogP contribution in [0.25, 0.3) is 0 Å². The van der Waals surface area contributed by atoms with Gasteiger partial charge in [-0.25, -0.2) is 13.1 Å². The van der Waals surface area contributed by atoms with Crippen molar-refractivity contribution in [2.45, 2.75) is 0 Å². The molecule has 0 saturated heterocycles. The number of hydrogen-bond donors (Lipinski definition) is 3. The number of sulfonamides is 1. The third kappa shape index (κ3) is 4.33. The summed E-state index contributed by atoms with van der Waals surface area (Å²) in [5.74, 6) is -0.486. The van der Waals surface area contributed by atoms with Crippen molar-refractivity contribution in [3.63, 3.8) is 0 Å². The zero-order valence-corrected chi connectivity index (χ0v) is 9.99. The molecule has 1 heterocycles. The highest BCUT2D eigenvalue weighted by Crippen LogP contribution is 1.96. The van der Waals surface area contributed by atoms with Crippen LogP contribution in [0.3, 0.4) is 0 Å². The lowest BCUT2D eigenvalue weighted by Crippen LogP contribution is -2.33. The summed E-state index contributed by atoms with van der Waals surface area (Å²) in [7, 11) is -2.02. The summed E-state index contributed by atoms with van der Waals surface area (Å²) < 4.78 is 24.2. The minimum atomic E-state index is -3.32. The molecule has 0 aliphatic rings. The van der Waals surface area contributed by atoms with Crippen LogP contribution in [0.4, 0.5) is 5.82 Å². The molecule has 1 amide bonds. The van der Waals surface area contributed by atoms with Gasteiger partial charge in [0.25, 0.3) is 5.91 Å². The molecule has 94 valence electrons. The zero-order chi connectivity index (χ0) is 12.9. The van der Waals surface area contributed by atoms with Crippen molar-refractivity contribution in [1.29, 1.82) is 0 Å². The number of nitrogen functional groups attached to an aromatic ring is 1. The first-order valence-electron chi connectivity index (χ1n) is 4.73. The van der Waals surface area contributed by atoms with E-state index in [9.17, 15) is 13.2 Å². The molecule has 8 nitrogen and oxygen atoms in total. The highest BCUT2D eigenvalue weighted by Gasteiger charge is 2.10. The number of nitrogens with two attached hydrogens (primary N) is 1. The van der Waals surface area contributed by atoms with E-state index in [1.165, 1.54) is 19.2 Å². The standard InChI is InChI=1S/C8H13N5O3S/c1-10-17(15,16)5-4-11-8(14)6-2-3-7(9)13-12-6/h2-3,10H,4-5H2,1H3,(H2,9,13)(H,11,14). The number of carbonyl (C=O) groups excluding carboxylic acids is 1. The van der Waals surface area contributed by atoms with Crippen LogP contribution >= 0.6 is 0 Å². The smallest absolute Gasteiger partial charge is 0.271 e. The number of amides is 1. The van der Waals surface area contributed by atoms with Crippen molar-refractivity contribution in [1.82, 2.24) is 20.2 Å². The molecule has 0 radical (unpaired) electrons. The van der Waals surface area contributed by atoms with Gasteiger partial charge >= 0.3 is 0 Å². The molecule has 1 aromatic heterocycles. The van der Waals surface area contributed by atoms with Gasteiger partial charge in [-0.15, -0.1) is 10.2 Å². The van der Waals surface area contributed by atoms with Gasteiger partial charge in [0, 0.05) is 6.54 Å². The second-order valence-corrected chi connectivity index (χ2v) is 5.17. The summed E-state index contributed by atoms with van der Waals surface area (Å²) in [6, 6.07) is 2.84. The summed E-state index contributed by atoms with van der Waals surface area (Å²) in [6.45, 7) is -0.00589. The number of carbonyl (C=O) groups is 1. The van der Waals surface area contributed by atoms with Crippen LogP contribution in [0, 0.1) is 0 Å². The molecule has 0 spiro atoms. The molecule has 17 heavy (non-hydrogen) atoms. The van der Waals surface area contributed by atoms with Crippen molar-refractivity contribution in [3.8, 4) is 0 Å². The van der Waals surface area contributed by atoms with Gasteiger partial charge in [-0.3, -0.25) is 4.79 Å². The van der Waals surface area contributed by atoms with Gasteiger partial charge in [-0.05, 0) is 19.2 Å². The lowest BCUT2D eigenvalue weighted by molar-refractivity contribution is 0.0950. The molecule has 0 fully saturated rings. The fraction of sp³-hybridized carbons (Fsp3) is 0.375. The average Bonchev–Trinajstić information content (AvgIpc) is 2.29. The molecule has 0 bridgehead atoms. The Morgan fingerprint density at radius 1 is 1.41 bits per heavy atom. The molecule has 1 rings (SSSR count). The van der Waals surface area contributed by atoms with Crippen LogP contribution in [-0.4, -0.2) is 43.9 Å². The SMILES string of the molecule is CNS(=O)(=O)CCNC(=O)c1ccc(N)nn1. The van der Waals surface area contributed by atoms with Gasteiger partial charge in [-0.1, -0.05) is 0 Å². The minimum Gasteiger partial charge on any atom is -0.382 e. The predicted molar refractivity (Wildman–Crippen MR) is 61.6 cm³/mol. The molecule has 0 aliphatic heterocycles. The van der Waals surface area contributed by atoms with Crippen LogP contribution < -0.4 is 15.8 Å². The molecule has 0 atom stereocenters. The first kappa shape index (κ1) is 13.3. The van der Waals surface area contributed by atoms with E-state index >= 15 is 0 Å². The van der Waals surface area contributed by atoms with Crippen LogP contribution in [0.2, 0.25) is 0 Å². The Balaban J connectivity index is 2.48.